The summed E-state index contributed by atoms with van der Waals surface area (Å²) in [5.74, 6) is 0.911. The van der Waals surface area contributed by atoms with Gasteiger partial charge in [0.1, 0.15) is 0 Å². The van der Waals surface area contributed by atoms with Crippen molar-refractivity contribution in [2.24, 2.45) is 23.4 Å². The predicted octanol–water partition coefficient (Wildman–Crippen LogP) is 16.3. The largest absolute Gasteiger partial charge is 0.315 e. The second kappa shape index (κ2) is 33.1. The Morgan fingerprint density at radius 1 is 0.527 bits per heavy atom. The van der Waals surface area contributed by atoms with E-state index in [1.807, 2.05) is 41.2 Å². The second-order valence-corrected chi connectivity index (χ2v) is 33.3. The summed E-state index contributed by atoms with van der Waals surface area (Å²) in [5.41, 5.74) is 13.1. The molecule has 0 aromatic carbocycles. The van der Waals surface area contributed by atoms with Crippen molar-refractivity contribution in [2.45, 2.75) is 289 Å². The van der Waals surface area contributed by atoms with Crippen LogP contribution in [-0.2, 0) is 72.3 Å². The molecule has 6 aromatic heterocycles. The number of likely N-dealkylation sites (N-methyl/N-ethyl adjacent to an activating group) is 2. The van der Waals surface area contributed by atoms with Gasteiger partial charge < -0.3 is 5.32 Å². The summed E-state index contributed by atoms with van der Waals surface area (Å²) >= 11 is 0. The summed E-state index contributed by atoms with van der Waals surface area (Å²) < 4.78 is 12.5. The molecule has 0 spiro atoms. The lowest BCUT2D eigenvalue weighted by Crippen LogP contribution is -2.33. The van der Waals surface area contributed by atoms with E-state index in [1.165, 1.54) is 82.8 Å². The Morgan fingerprint density at radius 3 is 1.41 bits per heavy atom. The van der Waals surface area contributed by atoms with Crippen molar-refractivity contribution in [1.29, 1.82) is 0 Å². The Morgan fingerprint density at radius 2 is 1.02 bits per heavy atom. The molecule has 1 aliphatic carbocycles. The fraction of sp³-hybridized carbons (Fsp3) is 0.720. The van der Waals surface area contributed by atoms with E-state index in [4.69, 9.17) is 0 Å². The second-order valence-electron chi connectivity index (χ2n) is 33.3. The molecule has 10 heterocycles. The number of hydrogen-bond acceptors (Lipinski definition) is 10. The third kappa shape index (κ3) is 25.1. The quantitative estimate of drug-likeness (QED) is 0.179. The van der Waals surface area contributed by atoms with E-state index >= 15 is 0 Å². The average Bonchev–Trinajstić information content (AvgIpc) is 1.77. The number of rotatable bonds is 5. The first kappa shape index (κ1) is 78.0. The molecule has 91 heavy (non-hydrogen) atoms. The molecule has 0 bridgehead atoms. The SMILES string of the molecule is C.CC(C)(C)C1=CCN=C1.CC(C)(C)c1cnn(C2CCNC2)c1.CC1CCC(n2cc(C(C)(C)C)cn2)CC1.CCCn1ccc(C(C)(C)C)n1.CCN1CCn2nc(C(C)(C)C)cc2C1.CN1CCn2nc(C(C)(C)C)cc2C1.Cn1cc(C(C)(C)C)cn1. The molecule has 1 saturated heterocycles. The third-order valence-electron chi connectivity index (χ3n) is 17.5. The standard InChI is InChI=1S/C14H24N2.C12H21N3.2C11H19N3.C10H18N2.C8H14N2.C8H13N.CH4/c1-11-5-7-13(8-6-11)16-10-12(9-15-16)14(2,3)4;1-5-14-6-7-15-10(9-14)8-11(13-15)12(2,3)4;1-11(2,3)10-7-9-8-13(4)5-6-14(9)12-10;1-11(2,3)9-6-13-14(8-9)10-4-5-12-7-10;1-5-7-12-8-6-9(11-12)10(2,3)4;1-8(2,3)7-5-9-10(4)6-7;1-8(2,3)7-4-5-9-6-7;/h9-11,13H,5-8H2,1-4H3;8H,5-7,9H2,1-4H3;7H,5-6,8H2,1-4H3;6,8,10,12H,4-5,7H2,1-3H3;6,8H,5,7H2,1-4H3;5-6H,1-4H3;4,6H,5H2,1-3H3;1H4. The van der Waals surface area contributed by atoms with Crippen LogP contribution in [-0.4, -0.2) is 121 Å². The van der Waals surface area contributed by atoms with Gasteiger partial charge in [0.2, 0.25) is 0 Å². The van der Waals surface area contributed by atoms with E-state index in [9.17, 15) is 0 Å². The van der Waals surface area contributed by atoms with Crippen LogP contribution in [0.25, 0.3) is 0 Å². The van der Waals surface area contributed by atoms with Crippen molar-refractivity contribution in [3.63, 3.8) is 0 Å². The first-order valence-corrected chi connectivity index (χ1v) is 34.2. The van der Waals surface area contributed by atoms with Crippen molar-refractivity contribution in [1.82, 2.24) is 73.8 Å². The van der Waals surface area contributed by atoms with Crippen LogP contribution in [0, 0.1) is 11.3 Å². The van der Waals surface area contributed by atoms with Crippen molar-refractivity contribution >= 4 is 6.21 Å². The van der Waals surface area contributed by atoms with Crippen molar-refractivity contribution in [3.05, 3.63) is 118 Å². The maximum absolute atomic E-state index is 4.68. The van der Waals surface area contributed by atoms with E-state index in [0.717, 1.165) is 84.3 Å². The van der Waals surface area contributed by atoms with Gasteiger partial charge >= 0.3 is 0 Å². The van der Waals surface area contributed by atoms with E-state index in [1.54, 1.807) is 0 Å². The van der Waals surface area contributed by atoms with Gasteiger partial charge in [-0.1, -0.05) is 180 Å². The summed E-state index contributed by atoms with van der Waals surface area (Å²) in [7, 11) is 4.10. The van der Waals surface area contributed by atoms with Gasteiger partial charge in [-0.05, 0) is 127 Å². The molecular weight excluding hydrogens is 1120 g/mol. The first-order valence-electron chi connectivity index (χ1n) is 34.2. The summed E-state index contributed by atoms with van der Waals surface area (Å²) in [6, 6.07) is 7.83. The molecule has 5 aliphatic rings. The normalized spacial score (nSPS) is 18.7. The van der Waals surface area contributed by atoms with Gasteiger partial charge in [0.15, 0.2) is 0 Å². The highest BCUT2D eigenvalue weighted by Crippen LogP contribution is 2.33. The van der Waals surface area contributed by atoms with Gasteiger partial charge in [-0.15, -0.1) is 0 Å². The molecule has 1 saturated carbocycles. The van der Waals surface area contributed by atoms with Gasteiger partial charge in [-0.2, -0.15) is 30.6 Å². The van der Waals surface area contributed by atoms with Crippen LogP contribution in [0.4, 0.5) is 0 Å². The van der Waals surface area contributed by atoms with Gasteiger partial charge in [0.25, 0.3) is 0 Å². The Kier molecular flexibility index (Phi) is 28.4. The number of nitrogens with zero attached hydrogens (tertiary/aromatic N) is 15. The van der Waals surface area contributed by atoms with Crippen LogP contribution < -0.4 is 5.32 Å². The van der Waals surface area contributed by atoms with Gasteiger partial charge in [-0.25, -0.2) is 0 Å². The van der Waals surface area contributed by atoms with Crippen LogP contribution in [0.3, 0.4) is 0 Å². The molecule has 2 fully saturated rings. The molecule has 1 atom stereocenters. The van der Waals surface area contributed by atoms with Crippen LogP contribution in [0.1, 0.15) is 269 Å². The minimum absolute atomic E-state index is 0. The zero-order valence-electron chi connectivity index (χ0n) is 61.9. The Balaban J connectivity index is 0.000000228. The molecular formula is C75H132N16. The highest BCUT2D eigenvalue weighted by molar-refractivity contribution is 5.82. The molecule has 6 aromatic rings. The Bertz CT molecular complexity index is 3100. The van der Waals surface area contributed by atoms with Gasteiger partial charge in [0.05, 0.1) is 78.8 Å². The average molecular weight is 1260 g/mol. The number of aliphatic imine (C=N–C) groups is 1. The number of fused-ring (bicyclic) bond motifs is 2. The lowest BCUT2D eigenvalue weighted by atomic mass is 9.87. The first-order chi connectivity index (χ1) is 41.6. The van der Waals surface area contributed by atoms with Crippen LogP contribution >= 0.6 is 0 Å². The lowest BCUT2D eigenvalue weighted by molar-refractivity contribution is 0.223. The maximum atomic E-state index is 4.68. The fourth-order valence-electron chi connectivity index (χ4n) is 10.7. The predicted molar refractivity (Wildman–Crippen MR) is 385 cm³/mol. The van der Waals surface area contributed by atoms with Gasteiger partial charge in [0, 0.05) is 93.6 Å². The zero-order chi connectivity index (χ0) is 67.2. The molecule has 11 rings (SSSR count). The Hall–Kier alpha value is -5.45. The summed E-state index contributed by atoms with van der Waals surface area (Å²) in [4.78, 5) is 8.91. The molecule has 16 nitrogen and oxygen atoms in total. The van der Waals surface area contributed by atoms with Crippen molar-refractivity contribution < 1.29 is 0 Å². The summed E-state index contributed by atoms with van der Waals surface area (Å²) in [6.45, 7) is 64.8. The zero-order valence-corrected chi connectivity index (χ0v) is 61.9. The van der Waals surface area contributed by atoms with E-state index in [-0.39, 0.29) is 39.9 Å². The molecule has 0 amide bonds. The van der Waals surface area contributed by atoms with Crippen LogP contribution in [0.2, 0.25) is 0 Å². The third-order valence-corrected chi connectivity index (χ3v) is 17.5. The van der Waals surface area contributed by atoms with E-state index in [2.05, 4.69) is 292 Å². The maximum Gasteiger partial charge on any atom is 0.0681 e. The molecule has 1 unspecified atom stereocenters. The molecule has 0 radical (unpaired) electrons. The van der Waals surface area contributed by atoms with Crippen LogP contribution in [0.5, 0.6) is 0 Å². The minimum Gasteiger partial charge on any atom is -0.315 e. The highest BCUT2D eigenvalue weighted by Gasteiger charge is 2.27. The summed E-state index contributed by atoms with van der Waals surface area (Å²) in [6.07, 6.45) is 26.3. The Labute approximate surface area is 554 Å². The van der Waals surface area contributed by atoms with Gasteiger partial charge in [-0.3, -0.25) is 42.9 Å². The summed E-state index contributed by atoms with van der Waals surface area (Å²) in [5, 5.41) is 30.3. The number of nitrogens with one attached hydrogen (secondary N) is 1. The number of aryl methyl sites for hydroxylation is 2. The monoisotopic (exact) mass is 1260 g/mol. The number of aromatic nitrogens is 12. The molecule has 4 aliphatic heterocycles. The highest BCUT2D eigenvalue weighted by atomic mass is 15.4. The lowest BCUT2D eigenvalue weighted by Gasteiger charge is -2.26. The molecule has 1 N–H and O–H groups in total. The number of allylic oxidation sites excluding steroid dienone is 1. The van der Waals surface area contributed by atoms with Crippen molar-refractivity contribution in [3.8, 4) is 0 Å². The van der Waals surface area contributed by atoms with Crippen LogP contribution in [0.15, 0.2) is 78.2 Å². The smallest absolute Gasteiger partial charge is 0.0681 e. The minimum atomic E-state index is 0. The molecule has 16 heteroatoms. The topological polar surface area (TPSA) is 138 Å². The van der Waals surface area contributed by atoms with E-state index < -0.39 is 0 Å². The number of hydrogen-bond donors (Lipinski definition) is 1. The van der Waals surface area contributed by atoms with E-state index in [0.29, 0.717) is 17.5 Å². The van der Waals surface area contributed by atoms with Crippen molar-refractivity contribution in [2.75, 3.05) is 46.3 Å². The fourth-order valence-corrected chi connectivity index (χ4v) is 10.7. The molecule has 512 valence electrons.